The van der Waals surface area contributed by atoms with E-state index in [0.717, 1.165) is 12.8 Å². The number of aromatic hydroxyl groups is 1. The lowest BCUT2D eigenvalue weighted by molar-refractivity contribution is -0.112. The van der Waals surface area contributed by atoms with E-state index in [2.05, 4.69) is 12.2 Å². The summed E-state index contributed by atoms with van der Waals surface area (Å²) in [6, 6.07) is 13.3. The van der Waals surface area contributed by atoms with Crippen molar-refractivity contribution in [3.8, 4) is 23.3 Å². The Morgan fingerprint density at radius 2 is 1.77 bits per heavy atom. The molecule has 2 aromatic carbocycles. The number of ether oxygens (including phenoxy) is 2. The van der Waals surface area contributed by atoms with Gasteiger partial charge < -0.3 is 19.9 Å². The van der Waals surface area contributed by atoms with Crippen molar-refractivity contribution < 1.29 is 19.4 Å². The van der Waals surface area contributed by atoms with E-state index < -0.39 is 5.91 Å². The number of carbonyl (C=O) groups excluding carboxylic acids is 1. The average Bonchev–Trinajstić information content (AvgIpc) is 2.78. The Bertz CT molecular complexity index is 914. The number of anilines is 1. The van der Waals surface area contributed by atoms with Crippen LogP contribution in [0, 0.1) is 11.3 Å². The summed E-state index contributed by atoms with van der Waals surface area (Å²) in [7, 11) is 1.56. The first-order valence-corrected chi connectivity index (χ1v) is 10.6. The molecule has 2 N–H and O–H groups in total. The molecule has 0 radical (unpaired) electrons. The van der Waals surface area contributed by atoms with E-state index in [-0.39, 0.29) is 11.3 Å². The summed E-state index contributed by atoms with van der Waals surface area (Å²) in [4.78, 5) is 12.4. The van der Waals surface area contributed by atoms with E-state index >= 15 is 0 Å². The molecule has 2 rings (SSSR count). The molecule has 0 heterocycles. The summed E-state index contributed by atoms with van der Waals surface area (Å²) in [6.07, 6.45) is 8.64. The second kappa shape index (κ2) is 13.0. The van der Waals surface area contributed by atoms with Crippen molar-refractivity contribution in [2.45, 2.75) is 45.4 Å². The van der Waals surface area contributed by atoms with Crippen LogP contribution in [-0.2, 0) is 4.79 Å². The van der Waals surface area contributed by atoms with E-state index in [0.29, 0.717) is 29.4 Å². The molecule has 0 saturated carbocycles. The maximum absolute atomic E-state index is 12.4. The normalized spacial score (nSPS) is 10.9. The van der Waals surface area contributed by atoms with Crippen LogP contribution >= 0.6 is 0 Å². The first-order valence-electron chi connectivity index (χ1n) is 10.6. The van der Waals surface area contributed by atoms with Crippen molar-refractivity contribution >= 4 is 17.7 Å². The van der Waals surface area contributed by atoms with Crippen molar-refractivity contribution in [3.63, 3.8) is 0 Å². The minimum absolute atomic E-state index is 0.0455. The van der Waals surface area contributed by atoms with E-state index in [1.165, 1.54) is 43.9 Å². The van der Waals surface area contributed by atoms with Crippen LogP contribution in [0.5, 0.6) is 17.2 Å². The van der Waals surface area contributed by atoms with Gasteiger partial charge in [-0.2, -0.15) is 5.26 Å². The van der Waals surface area contributed by atoms with Crippen molar-refractivity contribution in [2.75, 3.05) is 19.0 Å². The Morgan fingerprint density at radius 3 is 2.45 bits per heavy atom. The van der Waals surface area contributed by atoms with Gasteiger partial charge in [0.15, 0.2) is 11.5 Å². The quantitative estimate of drug-likeness (QED) is 0.199. The van der Waals surface area contributed by atoms with Crippen LogP contribution in [-0.4, -0.2) is 24.7 Å². The highest BCUT2D eigenvalue weighted by Crippen LogP contribution is 2.29. The molecular formula is C25H30N2O4. The summed E-state index contributed by atoms with van der Waals surface area (Å²) >= 11 is 0. The summed E-state index contributed by atoms with van der Waals surface area (Å²) in [5.74, 6) is 0.756. The predicted molar refractivity (Wildman–Crippen MR) is 122 cm³/mol. The number of methoxy groups -OCH3 is 1. The number of nitrogens with zero attached hydrogens (tertiary/aromatic N) is 1. The predicted octanol–water partition coefficient (Wildman–Crippen LogP) is 5.69. The van der Waals surface area contributed by atoms with Gasteiger partial charge in [0, 0.05) is 5.69 Å². The number of hydrogen-bond donors (Lipinski definition) is 2. The lowest BCUT2D eigenvalue weighted by Gasteiger charge is -2.11. The maximum atomic E-state index is 12.4. The minimum atomic E-state index is -0.532. The first kappa shape index (κ1) is 23.8. The van der Waals surface area contributed by atoms with Gasteiger partial charge in [-0.15, -0.1) is 0 Å². The molecule has 0 bridgehead atoms. The van der Waals surface area contributed by atoms with Gasteiger partial charge >= 0.3 is 0 Å². The fourth-order valence-corrected chi connectivity index (χ4v) is 3.02. The number of rotatable bonds is 12. The van der Waals surface area contributed by atoms with Crippen LogP contribution in [0.15, 0.2) is 48.0 Å². The van der Waals surface area contributed by atoms with E-state index in [9.17, 15) is 15.2 Å². The maximum Gasteiger partial charge on any atom is 0.266 e. The molecule has 6 heteroatoms. The number of nitrogens with one attached hydrogen (secondary N) is 1. The zero-order valence-electron chi connectivity index (χ0n) is 18.2. The highest BCUT2D eigenvalue weighted by Gasteiger charge is 2.11. The van der Waals surface area contributed by atoms with Gasteiger partial charge in [-0.1, -0.05) is 45.1 Å². The number of amides is 1. The van der Waals surface area contributed by atoms with E-state index in [4.69, 9.17) is 9.47 Å². The molecule has 2 aromatic rings. The molecule has 0 spiro atoms. The molecule has 0 fully saturated rings. The van der Waals surface area contributed by atoms with Gasteiger partial charge in [-0.05, 0) is 54.5 Å². The van der Waals surface area contributed by atoms with Gasteiger partial charge in [0.1, 0.15) is 17.4 Å². The monoisotopic (exact) mass is 422 g/mol. The number of carbonyl (C=O) groups is 1. The van der Waals surface area contributed by atoms with Crippen LogP contribution in [0.25, 0.3) is 6.08 Å². The van der Waals surface area contributed by atoms with E-state index in [1.807, 2.05) is 6.07 Å². The average molecular weight is 423 g/mol. The third-order valence-electron chi connectivity index (χ3n) is 4.74. The summed E-state index contributed by atoms with van der Waals surface area (Å²) < 4.78 is 11.3. The summed E-state index contributed by atoms with van der Waals surface area (Å²) in [5, 5.41) is 21.4. The van der Waals surface area contributed by atoms with Gasteiger partial charge in [0.2, 0.25) is 0 Å². The summed E-state index contributed by atoms with van der Waals surface area (Å²) in [6.45, 7) is 2.83. The molecule has 0 unspecified atom stereocenters. The number of nitriles is 1. The van der Waals surface area contributed by atoms with Crippen molar-refractivity contribution in [2.24, 2.45) is 0 Å². The Balaban J connectivity index is 1.99. The largest absolute Gasteiger partial charge is 0.508 e. The van der Waals surface area contributed by atoms with Crippen molar-refractivity contribution in [1.82, 2.24) is 0 Å². The van der Waals surface area contributed by atoms with Crippen LogP contribution in [0.4, 0.5) is 5.69 Å². The fourth-order valence-electron chi connectivity index (χ4n) is 3.02. The van der Waals surface area contributed by atoms with Gasteiger partial charge in [0.25, 0.3) is 5.91 Å². The molecule has 0 aliphatic rings. The molecule has 6 nitrogen and oxygen atoms in total. The molecule has 0 aromatic heterocycles. The van der Waals surface area contributed by atoms with E-state index in [1.54, 1.807) is 37.4 Å². The van der Waals surface area contributed by atoms with Gasteiger partial charge in [0.05, 0.1) is 13.7 Å². The molecule has 0 atom stereocenters. The number of phenolic OH excluding ortho intramolecular Hbond substituents is 1. The first-order chi connectivity index (χ1) is 15.1. The van der Waals surface area contributed by atoms with Crippen LogP contribution in [0.2, 0.25) is 0 Å². The van der Waals surface area contributed by atoms with Crippen LogP contribution < -0.4 is 14.8 Å². The fraction of sp³-hybridized carbons (Fsp3) is 0.360. The zero-order chi connectivity index (χ0) is 22.5. The molecule has 0 aliphatic heterocycles. The Morgan fingerprint density at radius 1 is 1.06 bits per heavy atom. The van der Waals surface area contributed by atoms with Gasteiger partial charge in [-0.25, -0.2) is 0 Å². The topological polar surface area (TPSA) is 91.6 Å². The second-order valence-corrected chi connectivity index (χ2v) is 7.20. The molecule has 31 heavy (non-hydrogen) atoms. The standard InChI is InChI=1S/C25H30N2O4/c1-3-4-5-6-7-8-15-31-23-14-9-19(17-24(23)30-2)16-20(18-26)25(29)27-21-10-12-22(28)13-11-21/h9-14,16-17,28H,3-8,15H2,1-2H3,(H,27,29). The highest BCUT2D eigenvalue weighted by atomic mass is 16.5. The number of benzene rings is 2. The Kier molecular flexibility index (Phi) is 9.96. The molecule has 164 valence electrons. The lowest BCUT2D eigenvalue weighted by atomic mass is 10.1. The number of phenols is 1. The van der Waals surface area contributed by atoms with Crippen LogP contribution in [0.3, 0.4) is 0 Å². The molecule has 0 saturated heterocycles. The second-order valence-electron chi connectivity index (χ2n) is 7.20. The Hall–Kier alpha value is -3.46. The third kappa shape index (κ3) is 8.06. The van der Waals surface area contributed by atoms with Crippen LogP contribution in [0.1, 0.15) is 51.0 Å². The number of unbranched alkanes of at least 4 members (excludes halogenated alkanes) is 5. The lowest BCUT2D eigenvalue weighted by Crippen LogP contribution is -2.13. The smallest absolute Gasteiger partial charge is 0.266 e. The Labute approximate surface area is 184 Å². The van der Waals surface area contributed by atoms with Crippen molar-refractivity contribution in [1.29, 1.82) is 5.26 Å². The minimum Gasteiger partial charge on any atom is -0.508 e. The van der Waals surface area contributed by atoms with Gasteiger partial charge in [-0.3, -0.25) is 4.79 Å². The molecule has 0 aliphatic carbocycles. The number of hydrogen-bond acceptors (Lipinski definition) is 5. The molecule has 1 amide bonds. The third-order valence-corrected chi connectivity index (χ3v) is 4.74. The zero-order valence-corrected chi connectivity index (χ0v) is 18.2. The van der Waals surface area contributed by atoms with Crippen molar-refractivity contribution in [3.05, 3.63) is 53.6 Å². The SMILES string of the molecule is CCCCCCCCOc1ccc(C=C(C#N)C(=O)Nc2ccc(O)cc2)cc1OC. The highest BCUT2D eigenvalue weighted by molar-refractivity contribution is 6.09. The molecular weight excluding hydrogens is 392 g/mol. The summed E-state index contributed by atoms with van der Waals surface area (Å²) in [5.41, 5.74) is 1.09.